The SMILES string of the molecule is CCCCCCCCOc1ccc(OCCCCCCCC)c2c1C=CS2=S=O. The molecule has 0 saturated carbocycles. The number of rotatable bonds is 16. The van der Waals surface area contributed by atoms with Crippen LogP contribution in [0.4, 0.5) is 0 Å². The normalized spacial score (nSPS) is 14.8. The highest BCUT2D eigenvalue weighted by Gasteiger charge is 2.21. The highest BCUT2D eigenvalue weighted by Crippen LogP contribution is 2.39. The minimum Gasteiger partial charge on any atom is -0.493 e. The Balaban J connectivity index is 1.86. The molecular formula is C24H38O3S2. The van der Waals surface area contributed by atoms with Gasteiger partial charge in [-0.1, -0.05) is 78.1 Å². The number of ether oxygens (including phenoxy) is 2. The Morgan fingerprint density at radius 1 is 0.759 bits per heavy atom. The van der Waals surface area contributed by atoms with E-state index in [0.29, 0.717) is 10.2 Å². The van der Waals surface area contributed by atoms with Gasteiger partial charge in [0.2, 0.25) is 0 Å². The van der Waals surface area contributed by atoms with E-state index in [1.807, 2.05) is 23.6 Å². The molecule has 29 heavy (non-hydrogen) atoms. The topological polar surface area (TPSA) is 35.5 Å². The first-order valence-corrected chi connectivity index (χ1v) is 14.0. The second-order valence-corrected chi connectivity index (χ2v) is 10.6. The number of fused-ring (bicyclic) bond motifs is 1. The standard InChI is InChI=1S/C24H38O3S2/c1-3-5-7-9-11-13-18-26-22-15-16-23(24-21(22)17-20-29(24)28-25)27-19-14-12-10-8-6-4-2/h15-17,20H,3-14,18-19H2,1-2H3. The minimum atomic E-state index is -0.480. The molecule has 1 unspecified atom stereocenters. The fourth-order valence-electron chi connectivity index (χ4n) is 3.55. The number of unbranched alkanes of at least 4 members (excludes halogenated alkanes) is 10. The molecule has 0 aromatic heterocycles. The summed E-state index contributed by atoms with van der Waals surface area (Å²) in [6.07, 6.45) is 17.0. The van der Waals surface area contributed by atoms with E-state index in [1.54, 1.807) is 0 Å². The van der Waals surface area contributed by atoms with Crippen LogP contribution in [0.1, 0.15) is 96.5 Å². The number of hydrogen-bond donors (Lipinski definition) is 0. The summed E-state index contributed by atoms with van der Waals surface area (Å²) in [6, 6.07) is 4.01. The second kappa shape index (κ2) is 14.8. The van der Waals surface area contributed by atoms with Gasteiger partial charge >= 0.3 is 0 Å². The maximum Gasteiger partial charge on any atom is 0.134 e. The molecule has 1 aromatic rings. The lowest BCUT2D eigenvalue weighted by Crippen LogP contribution is -2.03. The van der Waals surface area contributed by atoms with Gasteiger partial charge in [-0.05, 0) is 45.9 Å². The molecule has 0 saturated heterocycles. The van der Waals surface area contributed by atoms with Gasteiger partial charge in [0.1, 0.15) is 21.7 Å². The van der Waals surface area contributed by atoms with Crippen molar-refractivity contribution in [3.63, 3.8) is 0 Å². The van der Waals surface area contributed by atoms with E-state index in [4.69, 9.17) is 9.47 Å². The zero-order valence-electron chi connectivity index (χ0n) is 18.3. The van der Waals surface area contributed by atoms with Gasteiger partial charge in [-0.2, -0.15) is 0 Å². The van der Waals surface area contributed by atoms with Crippen LogP contribution >= 0.6 is 0 Å². The lowest BCUT2D eigenvalue weighted by atomic mass is 10.1. The Morgan fingerprint density at radius 3 is 1.86 bits per heavy atom. The summed E-state index contributed by atoms with van der Waals surface area (Å²) in [7, 11) is 0.166. The Bertz CT molecular complexity index is 694. The smallest absolute Gasteiger partial charge is 0.134 e. The summed E-state index contributed by atoms with van der Waals surface area (Å²) in [6.45, 7) is 5.94. The molecule has 164 valence electrons. The van der Waals surface area contributed by atoms with Crippen LogP contribution < -0.4 is 9.47 Å². The van der Waals surface area contributed by atoms with Gasteiger partial charge in [-0.15, -0.1) is 0 Å². The number of hydrogen-bond acceptors (Lipinski definition) is 3. The third-order valence-electron chi connectivity index (χ3n) is 5.26. The number of benzene rings is 1. The molecule has 0 N–H and O–H groups in total. The molecule has 0 bridgehead atoms. The van der Waals surface area contributed by atoms with Gasteiger partial charge in [-0.3, -0.25) is 0 Å². The van der Waals surface area contributed by atoms with Crippen molar-refractivity contribution in [1.29, 1.82) is 0 Å². The average Bonchev–Trinajstić information content (AvgIpc) is 3.18. The molecular weight excluding hydrogens is 400 g/mol. The van der Waals surface area contributed by atoms with Gasteiger partial charge in [0, 0.05) is 5.56 Å². The molecule has 1 aliphatic rings. The molecule has 1 aromatic carbocycles. The van der Waals surface area contributed by atoms with Crippen LogP contribution in [0.2, 0.25) is 0 Å². The third-order valence-corrected chi connectivity index (χ3v) is 7.89. The third kappa shape index (κ3) is 8.29. The first kappa shape index (κ1) is 24.2. The molecule has 1 aliphatic heterocycles. The van der Waals surface area contributed by atoms with E-state index >= 15 is 0 Å². The van der Waals surface area contributed by atoms with Crippen molar-refractivity contribution in [2.75, 3.05) is 13.2 Å². The molecule has 0 spiro atoms. The zero-order chi connectivity index (χ0) is 20.7. The Labute approximate surface area is 182 Å². The van der Waals surface area contributed by atoms with Crippen molar-refractivity contribution in [3.8, 4) is 11.5 Å². The van der Waals surface area contributed by atoms with Gasteiger partial charge in [0.15, 0.2) is 0 Å². The van der Waals surface area contributed by atoms with E-state index in [0.717, 1.165) is 48.0 Å². The van der Waals surface area contributed by atoms with E-state index in [-0.39, 0.29) is 0 Å². The van der Waals surface area contributed by atoms with Crippen LogP contribution in [0, 0.1) is 0 Å². The van der Waals surface area contributed by atoms with Crippen molar-refractivity contribution in [3.05, 3.63) is 23.1 Å². The molecule has 0 radical (unpaired) electrons. The van der Waals surface area contributed by atoms with E-state index in [1.165, 1.54) is 64.2 Å². The van der Waals surface area contributed by atoms with Crippen LogP contribution in [-0.2, 0) is 19.7 Å². The second-order valence-electron chi connectivity index (χ2n) is 7.71. The van der Waals surface area contributed by atoms with Crippen LogP contribution in [-0.4, -0.2) is 17.4 Å². The maximum absolute atomic E-state index is 11.6. The van der Waals surface area contributed by atoms with E-state index < -0.39 is 9.45 Å². The summed E-state index contributed by atoms with van der Waals surface area (Å²) in [5.41, 5.74) is 1.04. The minimum absolute atomic E-state index is 0.480. The first-order valence-electron chi connectivity index (χ1n) is 11.5. The maximum atomic E-state index is 11.6. The van der Waals surface area contributed by atoms with Gasteiger partial charge in [-0.25, -0.2) is 4.21 Å². The zero-order valence-corrected chi connectivity index (χ0v) is 19.9. The lowest BCUT2D eigenvalue weighted by Gasteiger charge is -2.15. The monoisotopic (exact) mass is 438 g/mol. The largest absolute Gasteiger partial charge is 0.493 e. The summed E-state index contributed by atoms with van der Waals surface area (Å²) in [5.74, 6) is 1.75. The Kier molecular flexibility index (Phi) is 12.4. The molecule has 0 amide bonds. The highest BCUT2D eigenvalue weighted by molar-refractivity contribution is 8.33. The molecule has 0 fully saturated rings. The summed E-state index contributed by atoms with van der Waals surface area (Å²) in [5, 5.41) is 2.00. The quantitative estimate of drug-likeness (QED) is 0.255. The molecule has 5 heteroatoms. The summed E-state index contributed by atoms with van der Waals surface area (Å²) < 4.78 is 23.8. The van der Waals surface area contributed by atoms with Crippen LogP contribution in [0.3, 0.4) is 0 Å². The molecule has 0 aliphatic carbocycles. The van der Waals surface area contributed by atoms with Crippen molar-refractivity contribution in [2.24, 2.45) is 0 Å². The fraction of sp³-hybridized carbons (Fsp3) is 0.667. The highest BCUT2D eigenvalue weighted by atomic mass is 32.8. The van der Waals surface area contributed by atoms with E-state index in [9.17, 15) is 4.21 Å². The van der Waals surface area contributed by atoms with Crippen LogP contribution in [0.15, 0.2) is 22.4 Å². The van der Waals surface area contributed by atoms with Crippen molar-refractivity contribution >= 4 is 25.8 Å². The molecule has 1 atom stereocenters. The average molecular weight is 439 g/mol. The Morgan fingerprint density at radius 2 is 1.28 bits per heavy atom. The molecule has 2 rings (SSSR count). The van der Waals surface area contributed by atoms with E-state index in [2.05, 4.69) is 13.8 Å². The molecule has 3 nitrogen and oxygen atoms in total. The summed E-state index contributed by atoms with van der Waals surface area (Å²) in [4.78, 5) is 1.02. The van der Waals surface area contributed by atoms with Gasteiger partial charge in [0.25, 0.3) is 0 Å². The molecule has 1 heterocycles. The van der Waals surface area contributed by atoms with Gasteiger partial charge < -0.3 is 9.47 Å². The van der Waals surface area contributed by atoms with Crippen molar-refractivity contribution < 1.29 is 13.7 Å². The predicted octanol–water partition coefficient (Wildman–Crippen LogP) is 7.25. The first-order chi connectivity index (χ1) is 14.3. The fourth-order valence-corrected chi connectivity index (χ4v) is 5.79. The Hall–Kier alpha value is -1.07. The van der Waals surface area contributed by atoms with Crippen LogP contribution in [0.25, 0.3) is 6.08 Å². The summed E-state index contributed by atoms with van der Waals surface area (Å²) >= 11 is 0. The van der Waals surface area contributed by atoms with Crippen molar-refractivity contribution in [1.82, 2.24) is 0 Å². The lowest BCUT2D eigenvalue weighted by molar-refractivity contribution is 0.290. The van der Waals surface area contributed by atoms with Crippen LogP contribution in [0.5, 0.6) is 11.5 Å². The van der Waals surface area contributed by atoms with Gasteiger partial charge in [0.05, 0.1) is 18.1 Å². The van der Waals surface area contributed by atoms with Crippen molar-refractivity contribution in [2.45, 2.75) is 95.8 Å². The predicted molar refractivity (Wildman–Crippen MR) is 127 cm³/mol.